The fourth-order valence-electron chi connectivity index (χ4n) is 0. The van der Waals surface area contributed by atoms with Crippen LogP contribution in [0.15, 0.2) is 0 Å². The Kier molecular flexibility index (Phi) is 98.8. The van der Waals surface area contributed by atoms with Crippen molar-refractivity contribution in [3.05, 3.63) is 0 Å². The van der Waals surface area contributed by atoms with Gasteiger partial charge in [-0.25, -0.2) is 0 Å². The highest BCUT2D eigenvalue weighted by molar-refractivity contribution is 4.14. The van der Waals surface area contributed by atoms with Gasteiger partial charge in [0.2, 0.25) is 0 Å². The van der Waals surface area contributed by atoms with E-state index in [-0.39, 0.29) is 0 Å². The Hall–Kier alpha value is 0. The topological polar surface area (TPSA) is 0 Å². The lowest BCUT2D eigenvalue weighted by molar-refractivity contribution is 0.886. The van der Waals surface area contributed by atoms with Crippen molar-refractivity contribution in [3.8, 4) is 0 Å². The molecule has 0 saturated heterocycles. The van der Waals surface area contributed by atoms with Crippen LogP contribution in [-0.4, -0.2) is 0 Å². The minimum absolute atomic E-state index is 1.32. The van der Waals surface area contributed by atoms with Crippen LogP contribution in [0, 0.1) is 0 Å². The molecule has 0 amide bonds. The molecule has 0 spiro atoms. The molecule has 0 bridgehead atoms. The highest BCUT2D eigenvalue weighted by Gasteiger charge is 1.58. The normalized spacial score (nSPS) is 7.50. The molecular formula is C20H50. The Balaban J connectivity index is -0.0000000469. The minimum atomic E-state index is 1.32. The van der Waals surface area contributed by atoms with Crippen molar-refractivity contribution in [1.82, 2.24) is 0 Å². The summed E-state index contributed by atoms with van der Waals surface area (Å²) >= 11 is 0. The van der Waals surface area contributed by atoms with Crippen molar-refractivity contribution >= 4 is 0 Å². The molecule has 0 unspecified atom stereocenters. The van der Waals surface area contributed by atoms with Crippen molar-refractivity contribution in [2.24, 2.45) is 0 Å². The zero-order chi connectivity index (χ0) is 17.1. The highest BCUT2D eigenvalue weighted by Crippen LogP contribution is 1.78. The van der Waals surface area contributed by atoms with Gasteiger partial charge in [0, 0.05) is 0 Å². The Labute approximate surface area is 134 Å². The van der Waals surface area contributed by atoms with E-state index < -0.39 is 0 Å². The van der Waals surface area contributed by atoms with Crippen LogP contribution in [0.2, 0.25) is 0 Å². The Bertz CT molecular complexity index is 33.2. The third-order valence-electron chi connectivity index (χ3n) is 2.50. The molecule has 0 rings (SSSR count). The van der Waals surface area contributed by atoms with E-state index in [0.29, 0.717) is 0 Å². The molecule has 0 aliphatic rings. The average Bonchev–Trinajstić information content (AvgIpc) is 2.55. The summed E-state index contributed by atoms with van der Waals surface area (Å²) in [4.78, 5) is 0. The predicted octanol–water partition coefficient (Wildman–Crippen LogP) is 9.03. The zero-order valence-electron chi connectivity index (χ0n) is 17.1. The number of hydrogen-bond acceptors (Lipinski definition) is 0. The molecule has 0 aromatic rings. The molecule has 0 heterocycles. The molecule has 0 aromatic heterocycles. The molecule has 0 heteroatoms. The summed E-state index contributed by atoms with van der Waals surface area (Å²) in [6.45, 7) is 21.8. The third kappa shape index (κ3) is 208. The first-order chi connectivity index (χ1) is 9.57. The van der Waals surface area contributed by atoms with E-state index >= 15 is 0 Å². The summed E-state index contributed by atoms with van der Waals surface area (Å²) in [7, 11) is 0. The van der Waals surface area contributed by atoms with Gasteiger partial charge in [0.25, 0.3) is 0 Å². The van der Waals surface area contributed by atoms with Gasteiger partial charge in [0.15, 0.2) is 0 Å². The van der Waals surface area contributed by atoms with Crippen LogP contribution >= 0.6 is 0 Å². The SMILES string of the molecule is CCCC.CCCC.CCCC.CCCC.CCCC. The highest BCUT2D eigenvalue weighted by atomic mass is 13.6. The second kappa shape index (κ2) is 61.6. The second-order valence-electron chi connectivity index (χ2n) is 5.00. The molecule has 130 valence electrons. The Morgan fingerprint density at radius 3 is 0.250 bits per heavy atom. The maximum absolute atomic E-state index is 2.18. The lowest BCUT2D eigenvalue weighted by Crippen LogP contribution is -1.47. The second-order valence-corrected chi connectivity index (χ2v) is 5.00. The Morgan fingerprint density at radius 1 is 0.200 bits per heavy atom. The standard InChI is InChI=1S/5C4H10/c5*1-3-4-2/h5*3-4H2,1-2H3. The molecule has 0 N–H and O–H groups in total. The van der Waals surface area contributed by atoms with Gasteiger partial charge in [-0.05, 0) is 0 Å². The first-order valence-corrected chi connectivity index (χ1v) is 9.57. The van der Waals surface area contributed by atoms with Crippen LogP contribution in [0.25, 0.3) is 0 Å². The predicted molar refractivity (Wildman–Crippen MR) is 103 cm³/mol. The maximum atomic E-state index is 2.18. The van der Waals surface area contributed by atoms with E-state index in [4.69, 9.17) is 0 Å². The number of unbranched alkanes of at least 4 members (excludes halogenated alkanes) is 5. The van der Waals surface area contributed by atoms with Gasteiger partial charge in [0.05, 0.1) is 0 Å². The molecular weight excluding hydrogens is 240 g/mol. The van der Waals surface area contributed by atoms with Gasteiger partial charge < -0.3 is 0 Å². The van der Waals surface area contributed by atoms with Crippen LogP contribution in [0.3, 0.4) is 0 Å². The average molecular weight is 291 g/mol. The van der Waals surface area contributed by atoms with E-state index in [0.717, 1.165) is 0 Å². The molecule has 20 heavy (non-hydrogen) atoms. The summed E-state index contributed by atoms with van der Waals surface area (Å²) in [6, 6.07) is 0. The quantitative estimate of drug-likeness (QED) is 0.473. The van der Waals surface area contributed by atoms with E-state index in [1.807, 2.05) is 0 Å². The van der Waals surface area contributed by atoms with Gasteiger partial charge in [0.1, 0.15) is 0 Å². The van der Waals surface area contributed by atoms with Crippen molar-refractivity contribution in [2.45, 2.75) is 133 Å². The van der Waals surface area contributed by atoms with Gasteiger partial charge in [-0.1, -0.05) is 133 Å². The zero-order valence-corrected chi connectivity index (χ0v) is 17.1. The summed E-state index contributed by atoms with van der Waals surface area (Å²) in [5.74, 6) is 0. The van der Waals surface area contributed by atoms with Gasteiger partial charge >= 0.3 is 0 Å². The molecule has 0 radical (unpaired) electrons. The molecule has 0 saturated carbocycles. The first kappa shape index (κ1) is 32.1. The van der Waals surface area contributed by atoms with Crippen LogP contribution in [-0.2, 0) is 0 Å². The van der Waals surface area contributed by atoms with Gasteiger partial charge in [-0.3, -0.25) is 0 Å². The van der Waals surface area contributed by atoms with Gasteiger partial charge in [-0.15, -0.1) is 0 Å². The smallest absolute Gasteiger partial charge is 0.0564 e. The van der Waals surface area contributed by atoms with E-state index in [2.05, 4.69) is 69.2 Å². The molecule has 0 atom stereocenters. The molecule has 0 nitrogen and oxygen atoms in total. The minimum Gasteiger partial charge on any atom is -0.0654 e. The van der Waals surface area contributed by atoms with Gasteiger partial charge in [-0.2, -0.15) is 0 Å². The van der Waals surface area contributed by atoms with E-state index in [1.165, 1.54) is 64.2 Å². The first-order valence-electron chi connectivity index (χ1n) is 9.57. The summed E-state index contributed by atoms with van der Waals surface area (Å²) in [6.07, 6.45) is 13.2. The molecule has 0 aliphatic carbocycles. The van der Waals surface area contributed by atoms with Crippen LogP contribution in [0.1, 0.15) is 133 Å². The molecule has 0 aromatic carbocycles. The summed E-state index contributed by atoms with van der Waals surface area (Å²) in [5, 5.41) is 0. The molecule has 0 fully saturated rings. The number of hydrogen-bond donors (Lipinski definition) is 0. The van der Waals surface area contributed by atoms with Crippen LogP contribution < -0.4 is 0 Å². The van der Waals surface area contributed by atoms with Crippen molar-refractivity contribution < 1.29 is 0 Å². The number of rotatable bonds is 5. The monoisotopic (exact) mass is 290 g/mol. The Morgan fingerprint density at radius 2 is 0.250 bits per heavy atom. The summed E-state index contributed by atoms with van der Waals surface area (Å²) in [5.41, 5.74) is 0. The van der Waals surface area contributed by atoms with Crippen LogP contribution in [0.5, 0.6) is 0 Å². The lowest BCUT2D eigenvalue weighted by Gasteiger charge is -1.68. The third-order valence-corrected chi connectivity index (χ3v) is 2.50. The fourth-order valence-corrected chi connectivity index (χ4v) is 0. The van der Waals surface area contributed by atoms with Crippen LogP contribution in [0.4, 0.5) is 0 Å². The largest absolute Gasteiger partial charge is 0.0654 e. The van der Waals surface area contributed by atoms with Crippen molar-refractivity contribution in [1.29, 1.82) is 0 Å². The van der Waals surface area contributed by atoms with E-state index in [1.54, 1.807) is 0 Å². The summed E-state index contributed by atoms with van der Waals surface area (Å²) < 4.78 is 0. The molecule has 0 aliphatic heterocycles. The maximum Gasteiger partial charge on any atom is -0.0564 e. The lowest BCUT2D eigenvalue weighted by atomic mass is 10.4. The fraction of sp³-hybridized carbons (Fsp3) is 1.00. The van der Waals surface area contributed by atoms with E-state index in [9.17, 15) is 0 Å². The van der Waals surface area contributed by atoms with Crippen molar-refractivity contribution in [2.75, 3.05) is 0 Å². The van der Waals surface area contributed by atoms with Crippen molar-refractivity contribution in [3.63, 3.8) is 0 Å².